The Bertz CT molecular complexity index is 249. The molecule has 94 valence electrons. The fourth-order valence-corrected chi connectivity index (χ4v) is 1.70. The SMILES string of the molecule is CCCCCCC(C)(C(=O)O)C(C)C(=O)O. The molecular formula is C12H22O4. The van der Waals surface area contributed by atoms with Gasteiger partial charge in [-0.15, -0.1) is 0 Å². The lowest BCUT2D eigenvalue weighted by molar-refractivity contribution is -0.161. The Labute approximate surface area is 96.7 Å². The summed E-state index contributed by atoms with van der Waals surface area (Å²) < 4.78 is 0. The van der Waals surface area contributed by atoms with Gasteiger partial charge in [-0.3, -0.25) is 9.59 Å². The Hall–Kier alpha value is -1.06. The molecule has 0 spiro atoms. The van der Waals surface area contributed by atoms with Crippen molar-refractivity contribution in [1.29, 1.82) is 0 Å². The third-order valence-electron chi connectivity index (χ3n) is 3.36. The van der Waals surface area contributed by atoms with Crippen molar-refractivity contribution in [3.05, 3.63) is 0 Å². The molecule has 2 unspecified atom stereocenters. The normalized spacial score (nSPS) is 16.4. The highest BCUT2D eigenvalue weighted by molar-refractivity contribution is 5.82. The fraction of sp³-hybridized carbons (Fsp3) is 0.833. The average Bonchev–Trinajstić information content (AvgIpc) is 2.22. The first-order valence-corrected chi connectivity index (χ1v) is 5.82. The monoisotopic (exact) mass is 230 g/mol. The molecule has 0 bridgehead atoms. The molecule has 0 amide bonds. The van der Waals surface area contributed by atoms with E-state index in [0.29, 0.717) is 6.42 Å². The molecule has 2 N–H and O–H groups in total. The standard InChI is InChI=1S/C12H22O4/c1-4-5-6-7-8-12(3,11(15)16)9(2)10(13)14/h9H,4-8H2,1-3H3,(H,13,14)(H,15,16). The molecule has 0 aliphatic heterocycles. The minimum atomic E-state index is -1.15. The third kappa shape index (κ3) is 3.83. The second-order valence-corrected chi connectivity index (χ2v) is 4.59. The molecule has 0 saturated carbocycles. The van der Waals surface area contributed by atoms with Crippen molar-refractivity contribution in [3.63, 3.8) is 0 Å². The molecule has 0 fully saturated rings. The molecule has 0 aliphatic rings. The smallest absolute Gasteiger partial charge is 0.310 e. The van der Waals surface area contributed by atoms with Crippen molar-refractivity contribution in [2.24, 2.45) is 11.3 Å². The highest BCUT2D eigenvalue weighted by Gasteiger charge is 2.42. The summed E-state index contributed by atoms with van der Waals surface area (Å²) in [5.74, 6) is -2.91. The molecule has 0 saturated heterocycles. The molecule has 0 aromatic carbocycles. The van der Waals surface area contributed by atoms with E-state index in [0.717, 1.165) is 25.7 Å². The van der Waals surface area contributed by atoms with Gasteiger partial charge < -0.3 is 10.2 Å². The molecular weight excluding hydrogens is 208 g/mol. The maximum absolute atomic E-state index is 11.2. The molecule has 0 radical (unpaired) electrons. The number of hydrogen-bond acceptors (Lipinski definition) is 2. The summed E-state index contributed by atoms with van der Waals surface area (Å²) in [5.41, 5.74) is -1.15. The van der Waals surface area contributed by atoms with Crippen LogP contribution in [0.25, 0.3) is 0 Å². The minimum Gasteiger partial charge on any atom is -0.481 e. The Morgan fingerprint density at radius 2 is 1.75 bits per heavy atom. The van der Waals surface area contributed by atoms with Crippen molar-refractivity contribution in [2.45, 2.75) is 52.9 Å². The van der Waals surface area contributed by atoms with Crippen molar-refractivity contribution in [3.8, 4) is 0 Å². The van der Waals surface area contributed by atoms with Gasteiger partial charge in [0.25, 0.3) is 0 Å². The maximum atomic E-state index is 11.2. The minimum absolute atomic E-state index is 0.426. The van der Waals surface area contributed by atoms with Gasteiger partial charge in [-0.25, -0.2) is 0 Å². The number of carboxylic acid groups (broad SMARTS) is 2. The van der Waals surface area contributed by atoms with E-state index in [-0.39, 0.29) is 0 Å². The van der Waals surface area contributed by atoms with E-state index in [4.69, 9.17) is 10.2 Å². The van der Waals surface area contributed by atoms with Crippen LogP contribution in [0.15, 0.2) is 0 Å². The van der Waals surface area contributed by atoms with Crippen LogP contribution in [0, 0.1) is 11.3 Å². The van der Waals surface area contributed by atoms with Gasteiger partial charge in [0.05, 0.1) is 11.3 Å². The molecule has 0 aliphatic carbocycles. The highest BCUT2D eigenvalue weighted by Crippen LogP contribution is 2.34. The maximum Gasteiger partial charge on any atom is 0.310 e. The van der Waals surface area contributed by atoms with Gasteiger partial charge in [-0.1, -0.05) is 39.5 Å². The Morgan fingerprint density at radius 3 is 2.12 bits per heavy atom. The molecule has 0 aromatic heterocycles. The van der Waals surface area contributed by atoms with Gasteiger partial charge in [0.1, 0.15) is 0 Å². The second-order valence-electron chi connectivity index (χ2n) is 4.59. The molecule has 2 atom stereocenters. The van der Waals surface area contributed by atoms with E-state index in [1.54, 1.807) is 0 Å². The lowest BCUT2D eigenvalue weighted by Gasteiger charge is -2.28. The largest absolute Gasteiger partial charge is 0.481 e. The summed E-state index contributed by atoms with van der Waals surface area (Å²) >= 11 is 0. The predicted molar refractivity (Wildman–Crippen MR) is 61.3 cm³/mol. The summed E-state index contributed by atoms with van der Waals surface area (Å²) in [4.78, 5) is 22.0. The van der Waals surface area contributed by atoms with Crippen molar-refractivity contribution >= 4 is 11.9 Å². The third-order valence-corrected chi connectivity index (χ3v) is 3.36. The number of aliphatic carboxylic acids is 2. The van der Waals surface area contributed by atoms with Gasteiger partial charge in [-0.2, -0.15) is 0 Å². The van der Waals surface area contributed by atoms with Crippen LogP contribution in [0.1, 0.15) is 52.9 Å². The van der Waals surface area contributed by atoms with Crippen LogP contribution in [0.4, 0.5) is 0 Å². The number of carboxylic acids is 2. The van der Waals surface area contributed by atoms with E-state index in [1.807, 2.05) is 0 Å². The van der Waals surface area contributed by atoms with Crippen LogP contribution < -0.4 is 0 Å². The first-order valence-electron chi connectivity index (χ1n) is 5.82. The van der Waals surface area contributed by atoms with Crippen molar-refractivity contribution < 1.29 is 19.8 Å². The lowest BCUT2D eigenvalue weighted by Crippen LogP contribution is -2.38. The van der Waals surface area contributed by atoms with Crippen LogP contribution in [-0.4, -0.2) is 22.2 Å². The summed E-state index contributed by atoms with van der Waals surface area (Å²) in [7, 11) is 0. The first kappa shape index (κ1) is 14.9. The molecule has 4 heteroatoms. The van der Waals surface area contributed by atoms with Crippen molar-refractivity contribution in [2.75, 3.05) is 0 Å². The Balaban J connectivity index is 4.46. The Morgan fingerprint density at radius 1 is 1.19 bits per heavy atom. The van der Waals surface area contributed by atoms with Crippen LogP contribution in [0.2, 0.25) is 0 Å². The fourth-order valence-electron chi connectivity index (χ4n) is 1.70. The summed E-state index contributed by atoms with van der Waals surface area (Å²) in [6, 6.07) is 0. The second kappa shape index (κ2) is 6.51. The lowest BCUT2D eigenvalue weighted by atomic mass is 9.74. The van der Waals surface area contributed by atoms with Gasteiger partial charge in [0, 0.05) is 0 Å². The van der Waals surface area contributed by atoms with Gasteiger partial charge in [0.2, 0.25) is 0 Å². The van der Waals surface area contributed by atoms with Gasteiger partial charge >= 0.3 is 11.9 Å². The van der Waals surface area contributed by atoms with E-state index in [1.165, 1.54) is 13.8 Å². The van der Waals surface area contributed by atoms with E-state index in [9.17, 15) is 9.59 Å². The van der Waals surface area contributed by atoms with Gasteiger partial charge in [0.15, 0.2) is 0 Å². The average molecular weight is 230 g/mol. The molecule has 4 nitrogen and oxygen atoms in total. The highest BCUT2D eigenvalue weighted by atomic mass is 16.4. The zero-order valence-corrected chi connectivity index (χ0v) is 10.3. The van der Waals surface area contributed by atoms with Crippen LogP contribution in [0.5, 0.6) is 0 Å². The summed E-state index contributed by atoms with van der Waals surface area (Å²) in [6.07, 6.45) is 4.31. The quantitative estimate of drug-likeness (QED) is 0.629. The van der Waals surface area contributed by atoms with Crippen LogP contribution in [0.3, 0.4) is 0 Å². The summed E-state index contributed by atoms with van der Waals surface area (Å²) in [6.45, 7) is 5.08. The zero-order chi connectivity index (χ0) is 12.8. The molecule has 0 heterocycles. The van der Waals surface area contributed by atoms with Crippen molar-refractivity contribution in [1.82, 2.24) is 0 Å². The van der Waals surface area contributed by atoms with E-state index < -0.39 is 23.3 Å². The van der Waals surface area contributed by atoms with E-state index >= 15 is 0 Å². The molecule has 16 heavy (non-hydrogen) atoms. The van der Waals surface area contributed by atoms with E-state index in [2.05, 4.69) is 6.92 Å². The number of rotatable bonds is 8. The zero-order valence-electron chi connectivity index (χ0n) is 10.3. The molecule has 0 rings (SSSR count). The van der Waals surface area contributed by atoms with Crippen LogP contribution >= 0.6 is 0 Å². The Kier molecular flexibility index (Phi) is 6.08. The first-order chi connectivity index (χ1) is 7.36. The topological polar surface area (TPSA) is 74.6 Å². The number of unbranched alkanes of at least 4 members (excludes halogenated alkanes) is 3. The number of carbonyl (C=O) groups is 2. The predicted octanol–water partition coefficient (Wildman–Crippen LogP) is 2.77. The number of hydrogen-bond donors (Lipinski definition) is 2. The van der Waals surface area contributed by atoms with Crippen LogP contribution in [-0.2, 0) is 9.59 Å². The summed E-state index contributed by atoms with van der Waals surface area (Å²) in [5, 5.41) is 18.1. The van der Waals surface area contributed by atoms with Gasteiger partial charge in [-0.05, 0) is 13.3 Å². The molecule has 0 aromatic rings.